The topological polar surface area (TPSA) is 96.8 Å². The van der Waals surface area contributed by atoms with E-state index in [2.05, 4.69) is 9.82 Å². The third-order valence-corrected chi connectivity index (χ3v) is 7.51. The van der Waals surface area contributed by atoms with Crippen molar-refractivity contribution < 1.29 is 13.2 Å². The fourth-order valence-corrected chi connectivity index (χ4v) is 5.27. The van der Waals surface area contributed by atoms with Crippen molar-refractivity contribution in [3.05, 3.63) is 58.0 Å². The smallest absolute Gasteiger partial charge is 0.316 e. The van der Waals surface area contributed by atoms with Crippen LogP contribution in [0.25, 0.3) is 5.69 Å². The summed E-state index contributed by atoms with van der Waals surface area (Å²) in [6.07, 6.45) is 8.86. The average molecular weight is 494 g/mol. The van der Waals surface area contributed by atoms with E-state index in [1.165, 1.54) is 8.99 Å². The molecule has 1 aromatic heterocycles. The molecule has 9 nitrogen and oxygen atoms in total. The van der Waals surface area contributed by atoms with Gasteiger partial charge in [-0.1, -0.05) is 29.8 Å². The normalized spacial score (nSPS) is 21.1. The van der Waals surface area contributed by atoms with Gasteiger partial charge in [0.25, 0.3) is 10.2 Å². The number of piperazine rings is 1. The fourth-order valence-electron chi connectivity index (χ4n) is 3.89. The number of ether oxygens (including phenoxy) is 1. The molecule has 0 spiro atoms. The Morgan fingerprint density at radius 3 is 2.64 bits per heavy atom. The van der Waals surface area contributed by atoms with E-state index in [0.29, 0.717) is 62.1 Å². The molecule has 11 heteroatoms. The number of hydrogen-bond donors (Lipinski definition) is 1. The van der Waals surface area contributed by atoms with E-state index in [0.717, 1.165) is 19.3 Å². The van der Waals surface area contributed by atoms with Crippen LogP contribution in [0.5, 0.6) is 5.75 Å². The van der Waals surface area contributed by atoms with E-state index >= 15 is 0 Å². The van der Waals surface area contributed by atoms with Crippen molar-refractivity contribution in [2.75, 3.05) is 44.2 Å². The Balaban J connectivity index is 1.66. The van der Waals surface area contributed by atoms with Crippen LogP contribution >= 0.6 is 11.6 Å². The largest absolute Gasteiger partial charge is 0.486 e. The van der Waals surface area contributed by atoms with Crippen molar-refractivity contribution in [1.82, 2.24) is 18.8 Å². The minimum absolute atomic E-state index is 0.222. The number of halogens is 1. The molecule has 2 bridgehead atoms. The predicted octanol–water partition coefficient (Wildman–Crippen LogP) is 2.35. The summed E-state index contributed by atoms with van der Waals surface area (Å²) in [7, 11) is -3.54. The van der Waals surface area contributed by atoms with Crippen LogP contribution in [-0.4, -0.2) is 61.8 Å². The second-order valence-electron chi connectivity index (χ2n) is 7.95. The van der Waals surface area contributed by atoms with E-state index in [9.17, 15) is 13.2 Å². The Morgan fingerprint density at radius 2 is 1.85 bits per heavy atom. The van der Waals surface area contributed by atoms with Gasteiger partial charge in [-0.05, 0) is 43.9 Å². The highest BCUT2D eigenvalue weighted by Gasteiger charge is 2.29. The molecule has 1 fully saturated rings. The molecule has 33 heavy (non-hydrogen) atoms. The summed E-state index contributed by atoms with van der Waals surface area (Å²) < 4.78 is 36.6. The van der Waals surface area contributed by atoms with Gasteiger partial charge in [0.15, 0.2) is 0 Å². The van der Waals surface area contributed by atoms with E-state index in [1.807, 2.05) is 17.1 Å². The van der Waals surface area contributed by atoms with E-state index in [1.54, 1.807) is 30.5 Å². The predicted molar refractivity (Wildman–Crippen MR) is 129 cm³/mol. The van der Waals surface area contributed by atoms with Crippen molar-refractivity contribution in [1.29, 1.82) is 0 Å². The first-order valence-electron chi connectivity index (χ1n) is 11.1. The first-order chi connectivity index (χ1) is 16.0. The molecule has 1 aromatic carbocycles. The third-order valence-electron chi connectivity index (χ3n) is 5.66. The molecule has 3 aliphatic heterocycles. The first kappa shape index (κ1) is 23.7. The molecule has 0 radical (unpaired) electrons. The standard InChI is InChI=1S/C22H28ClN5O4S/c23-18-8-7-9-19(16-18)28-22(29)21-20(17-24-28)26-11-13-27(14-12-26)33(30,31)25-10-5-3-1-2-4-6-15-32-21/h1,3,7-9,16-17,25H,2,4-6,10-15H2/b3-1+. The highest BCUT2D eigenvalue weighted by atomic mass is 35.5. The third kappa shape index (κ3) is 5.75. The number of aromatic nitrogens is 2. The lowest BCUT2D eigenvalue weighted by Crippen LogP contribution is -2.52. The second kappa shape index (κ2) is 10.7. The maximum absolute atomic E-state index is 13.4. The van der Waals surface area contributed by atoms with Crippen molar-refractivity contribution in [3.8, 4) is 11.4 Å². The van der Waals surface area contributed by atoms with Crippen LogP contribution in [0.3, 0.4) is 0 Å². The lowest BCUT2D eigenvalue weighted by Gasteiger charge is -2.35. The summed E-state index contributed by atoms with van der Waals surface area (Å²) >= 11 is 6.10. The van der Waals surface area contributed by atoms with E-state index in [4.69, 9.17) is 16.3 Å². The Bertz CT molecular complexity index is 1160. The monoisotopic (exact) mass is 493 g/mol. The summed E-state index contributed by atoms with van der Waals surface area (Å²) in [5.41, 5.74) is 0.756. The van der Waals surface area contributed by atoms with E-state index < -0.39 is 10.2 Å². The maximum atomic E-state index is 13.4. The first-order valence-corrected chi connectivity index (χ1v) is 12.9. The van der Waals surface area contributed by atoms with Crippen LogP contribution in [0.1, 0.15) is 25.7 Å². The maximum Gasteiger partial charge on any atom is 0.316 e. The lowest BCUT2D eigenvalue weighted by atomic mass is 10.2. The van der Waals surface area contributed by atoms with Gasteiger partial charge >= 0.3 is 5.56 Å². The molecule has 3 aliphatic rings. The molecule has 0 amide bonds. The van der Waals surface area contributed by atoms with Crippen molar-refractivity contribution in [2.45, 2.75) is 25.7 Å². The minimum Gasteiger partial charge on any atom is -0.486 e. The lowest BCUT2D eigenvalue weighted by molar-refractivity contribution is 0.299. The summed E-state index contributed by atoms with van der Waals surface area (Å²) in [5, 5.41) is 4.86. The van der Waals surface area contributed by atoms with Crippen LogP contribution in [0.4, 0.5) is 5.69 Å². The van der Waals surface area contributed by atoms with Gasteiger partial charge in [-0.2, -0.15) is 22.5 Å². The molecule has 2 aromatic rings. The van der Waals surface area contributed by atoms with Gasteiger partial charge in [-0.25, -0.2) is 4.72 Å². The molecule has 0 atom stereocenters. The fraction of sp³-hybridized carbons (Fsp3) is 0.455. The Morgan fingerprint density at radius 1 is 1.06 bits per heavy atom. The van der Waals surface area contributed by atoms with Gasteiger partial charge in [-0.15, -0.1) is 0 Å². The van der Waals surface area contributed by atoms with E-state index in [-0.39, 0.29) is 11.3 Å². The summed E-state index contributed by atoms with van der Waals surface area (Å²) in [4.78, 5) is 15.3. The van der Waals surface area contributed by atoms with Gasteiger partial charge in [0, 0.05) is 37.7 Å². The molecule has 0 unspecified atom stereocenters. The van der Waals surface area contributed by atoms with Gasteiger partial charge in [0.05, 0.1) is 18.5 Å². The highest BCUT2D eigenvalue weighted by Crippen LogP contribution is 2.26. The zero-order valence-corrected chi connectivity index (χ0v) is 19.9. The number of hydrogen-bond acceptors (Lipinski definition) is 6. The zero-order valence-electron chi connectivity index (χ0n) is 18.3. The molecule has 1 saturated heterocycles. The Hall–Kier alpha value is -2.40. The summed E-state index contributed by atoms with van der Waals surface area (Å²) in [6.45, 7) is 2.26. The molecule has 0 aliphatic carbocycles. The van der Waals surface area contributed by atoms with Gasteiger partial charge in [0.2, 0.25) is 5.75 Å². The second-order valence-corrected chi connectivity index (χ2v) is 10.1. The molecular weight excluding hydrogens is 466 g/mol. The van der Waals surface area contributed by atoms with Crippen LogP contribution in [0, 0.1) is 0 Å². The van der Waals surface area contributed by atoms with Crippen molar-refractivity contribution >= 4 is 27.5 Å². The number of anilines is 1. The number of nitrogens with zero attached hydrogens (tertiary/aromatic N) is 4. The van der Waals surface area contributed by atoms with Crippen molar-refractivity contribution in [2.24, 2.45) is 0 Å². The van der Waals surface area contributed by atoms with Gasteiger partial charge in [0.1, 0.15) is 5.69 Å². The molecular formula is C22H28ClN5O4S. The number of fused-ring (bicyclic) bond motifs is 11. The van der Waals surface area contributed by atoms with Crippen LogP contribution < -0.4 is 19.9 Å². The molecule has 5 rings (SSSR count). The number of allylic oxidation sites excluding steroid dienone is 1. The number of rotatable bonds is 1. The minimum atomic E-state index is -3.54. The van der Waals surface area contributed by atoms with Gasteiger partial charge < -0.3 is 9.64 Å². The van der Waals surface area contributed by atoms with Gasteiger partial charge in [-0.3, -0.25) is 4.79 Å². The number of nitrogens with one attached hydrogen (secondary N) is 1. The average Bonchev–Trinajstić information content (AvgIpc) is 2.81. The van der Waals surface area contributed by atoms with Crippen LogP contribution in [0.2, 0.25) is 5.02 Å². The highest BCUT2D eigenvalue weighted by molar-refractivity contribution is 7.87. The Labute approximate surface area is 198 Å². The molecule has 1 N–H and O–H groups in total. The van der Waals surface area contributed by atoms with Crippen molar-refractivity contribution in [3.63, 3.8) is 0 Å². The summed E-state index contributed by atoms with van der Waals surface area (Å²) in [5.74, 6) is 0.222. The summed E-state index contributed by atoms with van der Waals surface area (Å²) in [6, 6.07) is 6.92. The molecule has 0 saturated carbocycles. The Kier molecular flexibility index (Phi) is 7.69. The van der Waals surface area contributed by atoms with Crippen LogP contribution in [0.15, 0.2) is 47.4 Å². The quantitative estimate of drug-likeness (QED) is 0.612. The SMILES string of the molecule is O=c1c2c(cnn1-c1cccc(Cl)c1)N1CCN(CC1)S(=O)(=O)NCC/C=C/CCCCO2. The molecule has 4 heterocycles. The molecule has 178 valence electrons. The number of benzene rings is 1. The van der Waals surface area contributed by atoms with Crippen LogP contribution in [-0.2, 0) is 10.2 Å². The zero-order chi connectivity index (χ0) is 23.3.